The van der Waals surface area contributed by atoms with Crippen LogP contribution in [0.3, 0.4) is 0 Å². The van der Waals surface area contributed by atoms with Crippen LogP contribution in [0.1, 0.15) is 39.5 Å². The van der Waals surface area contributed by atoms with E-state index in [2.05, 4.69) is 4.74 Å². The standard InChI is InChI=1S/C10H19NO2/c1-9(2,11)10(5-4-6-10)7-8(12)13-3/h4-7,11H2,1-3H3. The number of ether oxygens (including phenoxy) is 1. The fraction of sp³-hybridized carbons (Fsp3) is 0.900. The molecule has 76 valence electrons. The van der Waals surface area contributed by atoms with Crippen LogP contribution in [0.2, 0.25) is 0 Å². The SMILES string of the molecule is COC(=O)CC1(C(C)(C)N)CCC1. The summed E-state index contributed by atoms with van der Waals surface area (Å²) in [5.41, 5.74) is 5.78. The second kappa shape index (κ2) is 3.29. The van der Waals surface area contributed by atoms with Gasteiger partial charge < -0.3 is 10.5 Å². The van der Waals surface area contributed by atoms with Gasteiger partial charge in [0, 0.05) is 5.54 Å². The quantitative estimate of drug-likeness (QED) is 0.677. The van der Waals surface area contributed by atoms with Crippen LogP contribution >= 0.6 is 0 Å². The maximum absolute atomic E-state index is 11.2. The molecule has 0 heterocycles. The van der Waals surface area contributed by atoms with Gasteiger partial charge in [0.05, 0.1) is 13.5 Å². The molecule has 0 aromatic rings. The van der Waals surface area contributed by atoms with E-state index in [1.54, 1.807) is 0 Å². The minimum Gasteiger partial charge on any atom is -0.469 e. The summed E-state index contributed by atoms with van der Waals surface area (Å²) < 4.78 is 4.68. The molecule has 0 saturated heterocycles. The number of rotatable bonds is 3. The maximum atomic E-state index is 11.2. The predicted molar refractivity (Wildman–Crippen MR) is 51.2 cm³/mol. The van der Waals surface area contributed by atoms with E-state index in [4.69, 9.17) is 5.73 Å². The number of carbonyl (C=O) groups is 1. The van der Waals surface area contributed by atoms with E-state index in [0.29, 0.717) is 6.42 Å². The van der Waals surface area contributed by atoms with Crippen LogP contribution in [0.25, 0.3) is 0 Å². The van der Waals surface area contributed by atoms with Crippen molar-refractivity contribution < 1.29 is 9.53 Å². The van der Waals surface area contributed by atoms with E-state index in [1.807, 2.05) is 13.8 Å². The summed E-state index contributed by atoms with van der Waals surface area (Å²) in [6.07, 6.45) is 3.74. The smallest absolute Gasteiger partial charge is 0.306 e. The highest BCUT2D eigenvalue weighted by Crippen LogP contribution is 2.50. The first-order chi connectivity index (χ1) is 5.91. The van der Waals surface area contributed by atoms with Gasteiger partial charge in [0.15, 0.2) is 0 Å². The van der Waals surface area contributed by atoms with Crippen molar-refractivity contribution in [1.82, 2.24) is 0 Å². The average Bonchev–Trinajstić information content (AvgIpc) is 1.93. The van der Waals surface area contributed by atoms with Crippen LogP contribution < -0.4 is 5.73 Å². The van der Waals surface area contributed by atoms with Gasteiger partial charge >= 0.3 is 5.97 Å². The zero-order chi connectivity index (χ0) is 10.1. The molecule has 2 N–H and O–H groups in total. The lowest BCUT2D eigenvalue weighted by Gasteiger charge is -2.50. The Morgan fingerprint density at radius 2 is 2.08 bits per heavy atom. The number of carbonyl (C=O) groups excluding carboxylic acids is 1. The van der Waals surface area contributed by atoms with Crippen molar-refractivity contribution in [3.05, 3.63) is 0 Å². The molecule has 0 aliphatic heterocycles. The van der Waals surface area contributed by atoms with Crippen LogP contribution in [0.5, 0.6) is 0 Å². The van der Waals surface area contributed by atoms with E-state index >= 15 is 0 Å². The molecular formula is C10H19NO2. The summed E-state index contributed by atoms with van der Waals surface area (Å²) in [4.78, 5) is 11.2. The largest absolute Gasteiger partial charge is 0.469 e. The molecule has 1 aliphatic carbocycles. The molecule has 13 heavy (non-hydrogen) atoms. The minimum atomic E-state index is -0.278. The molecule has 1 aliphatic rings. The lowest BCUT2D eigenvalue weighted by atomic mass is 9.57. The number of esters is 1. The molecule has 0 aromatic heterocycles. The van der Waals surface area contributed by atoms with Crippen LogP contribution in [0.4, 0.5) is 0 Å². The first kappa shape index (κ1) is 10.5. The van der Waals surface area contributed by atoms with Gasteiger partial charge in [-0.3, -0.25) is 4.79 Å². The lowest BCUT2D eigenvalue weighted by molar-refractivity contribution is -0.147. The Kier molecular flexibility index (Phi) is 2.66. The normalized spacial score (nSPS) is 20.6. The zero-order valence-corrected chi connectivity index (χ0v) is 8.72. The molecule has 1 rings (SSSR count). The lowest BCUT2D eigenvalue weighted by Crippen LogP contribution is -2.55. The van der Waals surface area contributed by atoms with Gasteiger partial charge in [-0.2, -0.15) is 0 Å². The van der Waals surface area contributed by atoms with Crippen LogP contribution in [0.15, 0.2) is 0 Å². The molecule has 0 aromatic carbocycles. The van der Waals surface area contributed by atoms with Crippen LogP contribution in [-0.2, 0) is 9.53 Å². The Hall–Kier alpha value is -0.570. The summed E-state index contributed by atoms with van der Waals surface area (Å²) in [5.74, 6) is -0.141. The third-order valence-corrected chi connectivity index (χ3v) is 3.39. The summed E-state index contributed by atoms with van der Waals surface area (Å²) >= 11 is 0. The topological polar surface area (TPSA) is 52.3 Å². The maximum Gasteiger partial charge on any atom is 0.306 e. The monoisotopic (exact) mass is 185 g/mol. The second-order valence-electron chi connectivity index (χ2n) is 4.61. The fourth-order valence-corrected chi connectivity index (χ4v) is 2.00. The molecule has 1 fully saturated rings. The molecule has 3 nitrogen and oxygen atoms in total. The fourth-order valence-electron chi connectivity index (χ4n) is 2.00. The van der Waals surface area contributed by atoms with Crippen molar-refractivity contribution >= 4 is 5.97 Å². The number of hydrogen-bond acceptors (Lipinski definition) is 3. The van der Waals surface area contributed by atoms with Crippen LogP contribution in [0, 0.1) is 5.41 Å². The first-order valence-electron chi connectivity index (χ1n) is 4.77. The van der Waals surface area contributed by atoms with Gasteiger partial charge in [-0.15, -0.1) is 0 Å². The molecule has 0 radical (unpaired) electrons. The van der Waals surface area contributed by atoms with Crippen molar-refractivity contribution in [2.24, 2.45) is 11.1 Å². The van der Waals surface area contributed by atoms with Crippen molar-refractivity contribution in [3.8, 4) is 0 Å². The Labute approximate surface area is 79.6 Å². The molecule has 3 heteroatoms. The van der Waals surface area contributed by atoms with E-state index in [1.165, 1.54) is 13.5 Å². The summed E-state index contributed by atoms with van der Waals surface area (Å²) in [6, 6.07) is 0. The summed E-state index contributed by atoms with van der Waals surface area (Å²) in [6.45, 7) is 3.99. The van der Waals surface area contributed by atoms with E-state index in [-0.39, 0.29) is 16.9 Å². The number of methoxy groups -OCH3 is 1. The Bertz CT molecular complexity index is 201. The van der Waals surface area contributed by atoms with E-state index in [9.17, 15) is 4.79 Å². The molecule has 0 spiro atoms. The van der Waals surface area contributed by atoms with Gasteiger partial charge in [-0.05, 0) is 32.1 Å². The van der Waals surface area contributed by atoms with Crippen molar-refractivity contribution in [2.45, 2.75) is 45.1 Å². The van der Waals surface area contributed by atoms with Gasteiger partial charge in [0.1, 0.15) is 0 Å². The average molecular weight is 185 g/mol. The number of nitrogens with two attached hydrogens (primary N) is 1. The Balaban J connectivity index is 2.66. The molecule has 0 bridgehead atoms. The third-order valence-electron chi connectivity index (χ3n) is 3.39. The summed E-state index contributed by atoms with van der Waals surface area (Å²) in [7, 11) is 1.43. The van der Waals surface area contributed by atoms with Crippen LogP contribution in [-0.4, -0.2) is 18.6 Å². The first-order valence-corrected chi connectivity index (χ1v) is 4.77. The minimum absolute atomic E-state index is 0.0138. The summed E-state index contributed by atoms with van der Waals surface area (Å²) in [5, 5.41) is 0. The second-order valence-corrected chi connectivity index (χ2v) is 4.61. The Morgan fingerprint density at radius 1 is 1.54 bits per heavy atom. The highest BCUT2D eigenvalue weighted by atomic mass is 16.5. The van der Waals surface area contributed by atoms with Gasteiger partial charge in [0.2, 0.25) is 0 Å². The van der Waals surface area contributed by atoms with E-state index < -0.39 is 0 Å². The zero-order valence-electron chi connectivity index (χ0n) is 8.72. The predicted octanol–water partition coefficient (Wildman–Crippen LogP) is 1.46. The molecular weight excluding hydrogens is 166 g/mol. The van der Waals surface area contributed by atoms with Crippen molar-refractivity contribution in [1.29, 1.82) is 0 Å². The highest BCUT2D eigenvalue weighted by Gasteiger charge is 2.48. The molecule has 1 saturated carbocycles. The van der Waals surface area contributed by atoms with Gasteiger partial charge in [0.25, 0.3) is 0 Å². The molecule has 0 atom stereocenters. The Morgan fingerprint density at radius 3 is 2.31 bits per heavy atom. The van der Waals surface area contributed by atoms with Gasteiger partial charge in [-0.1, -0.05) is 6.42 Å². The molecule has 0 amide bonds. The van der Waals surface area contributed by atoms with E-state index in [0.717, 1.165) is 12.8 Å². The molecule has 0 unspecified atom stereocenters. The van der Waals surface area contributed by atoms with Crippen molar-refractivity contribution in [2.75, 3.05) is 7.11 Å². The number of hydrogen-bond donors (Lipinski definition) is 1. The highest BCUT2D eigenvalue weighted by molar-refractivity contribution is 5.70. The van der Waals surface area contributed by atoms with Gasteiger partial charge in [-0.25, -0.2) is 0 Å². The third kappa shape index (κ3) is 1.85. The van der Waals surface area contributed by atoms with Crippen molar-refractivity contribution in [3.63, 3.8) is 0 Å².